The maximum Gasteiger partial charge on any atom is 0.0175 e. The first kappa shape index (κ1) is 9.22. The highest BCUT2D eigenvalue weighted by Crippen LogP contribution is 2.33. The first-order valence-corrected chi connectivity index (χ1v) is 5.56. The summed E-state index contributed by atoms with van der Waals surface area (Å²) in [5.41, 5.74) is 7.32. The average molecular weight is 240 g/mol. The molecule has 0 aliphatic heterocycles. The van der Waals surface area contributed by atoms with E-state index in [9.17, 15) is 0 Å². The normalized spacial score (nSPS) is 27.8. The Hall–Kier alpha value is -0.340. The van der Waals surface area contributed by atoms with Gasteiger partial charge in [-0.2, -0.15) is 0 Å². The third-order valence-electron chi connectivity index (χ3n) is 2.81. The van der Waals surface area contributed by atoms with Crippen LogP contribution in [0.15, 0.2) is 28.7 Å². The molecule has 0 amide bonds. The number of nitrogens with two attached hydrogens (primary N) is 1. The first-order chi connectivity index (χ1) is 6.25. The molecule has 0 spiro atoms. The van der Waals surface area contributed by atoms with Crippen molar-refractivity contribution < 1.29 is 0 Å². The van der Waals surface area contributed by atoms with Crippen LogP contribution in [-0.2, 0) is 0 Å². The lowest BCUT2D eigenvalue weighted by atomic mass is 9.98. The smallest absolute Gasteiger partial charge is 0.0175 e. The van der Waals surface area contributed by atoms with E-state index in [-0.39, 0.29) is 0 Å². The molecule has 1 aromatic carbocycles. The van der Waals surface area contributed by atoms with Gasteiger partial charge in [0.1, 0.15) is 0 Å². The van der Waals surface area contributed by atoms with Gasteiger partial charge in [-0.3, -0.25) is 0 Å². The molecule has 1 fully saturated rings. The van der Waals surface area contributed by atoms with Crippen molar-refractivity contribution in [2.75, 3.05) is 0 Å². The molecule has 1 aliphatic carbocycles. The Morgan fingerprint density at radius 2 is 1.85 bits per heavy atom. The Kier molecular flexibility index (Phi) is 2.70. The van der Waals surface area contributed by atoms with Crippen molar-refractivity contribution in [3.63, 3.8) is 0 Å². The van der Waals surface area contributed by atoms with Crippen molar-refractivity contribution in [3.8, 4) is 0 Å². The monoisotopic (exact) mass is 239 g/mol. The summed E-state index contributed by atoms with van der Waals surface area (Å²) in [7, 11) is 0. The van der Waals surface area contributed by atoms with Crippen LogP contribution in [-0.4, -0.2) is 6.04 Å². The second-order valence-electron chi connectivity index (χ2n) is 3.82. The summed E-state index contributed by atoms with van der Waals surface area (Å²) in [6.45, 7) is 0. The summed E-state index contributed by atoms with van der Waals surface area (Å²) in [6.07, 6.45) is 3.59. The third kappa shape index (κ3) is 2.12. The number of halogens is 1. The van der Waals surface area contributed by atoms with Crippen molar-refractivity contribution in [2.24, 2.45) is 5.73 Å². The molecule has 1 aromatic rings. The van der Waals surface area contributed by atoms with Crippen molar-refractivity contribution >= 4 is 15.9 Å². The largest absolute Gasteiger partial charge is 0.328 e. The van der Waals surface area contributed by atoms with Crippen molar-refractivity contribution in [3.05, 3.63) is 34.3 Å². The lowest BCUT2D eigenvalue weighted by Crippen LogP contribution is -2.14. The van der Waals surface area contributed by atoms with Gasteiger partial charge in [0.25, 0.3) is 0 Å². The van der Waals surface area contributed by atoms with E-state index >= 15 is 0 Å². The van der Waals surface area contributed by atoms with Gasteiger partial charge in [-0.25, -0.2) is 0 Å². The SMILES string of the molecule is N[C@@H]1CC[C@H](c2ccc(Br)cc2)C1. The molecule has 0 heterocycles. The van der Waals surface area contributed by atoms with Gasteiger partial charge in [0.05, 0.1) is 0 Å². The van der Waals surface area contributed by atoms with E-state index < -0.39 is 0 Å². The summed E-state index contributed by atoms with van der Waals surface area (Å²) >= 11 is 3.44. The van der Waals surface area contributed by atoms with E-state index in [1.54, 1.807) is 0 Å². The molecule has 2 heteroatoms. The molecule has 0 bridgehead atoms. The zero-order valence-corrected chi connectivity index (χ0v) is 9.13. The van der Waals surface area contributed by atoms with Gasteiger partial charge >= 0.3 is 0 Å². The zero-order chi connectivity index (χ0) is 9.26. The Balaban J connectivity index is 2.13. The lowest BCUT2D eigenvalue weighted by molar-refractivity contribution is 0.674. The number of rotatable bonds is 1. The van der Waals surface area contributed by atoms with Crippen LogP contribution in [0, 0.1) is 0 Å². The summed E-state index contributed by atoms with van der Waals surface area (Å²) in [5, 5.41) is 0. The topological polar surface area (TPSA) is 26.0 Å². The van der Waals surface area contributed by atoms with Gasteiger partial charge < -0.3 is 5.73 Å². The van der Waals surface area contributed by atoms with Crippen LogP contribution in [0.2, 0.25) is 0 Å². The van der Waals surface area contributed by atoms with E-state index in [0.29, 0.717) is 12.0 Å². The molecule has 1 saturated carbocycles. The highest BCUT2D eigenvalue weighted by Gasteiger charge is 2.22. The molecule has 1 aliphatic rings. The van der Waals surface area contributed by atoms with Gasteiger partial charge in [0.2, 0.25) is 0 Å². The number of benzene rings is 1. The van der Waals surface area contributed by atoms with Crippen LogP contribution in [0.5, 0.6) is 0 Å². The predicted octanol–water partition coefficient (Wildman–Crippen LogP) is 3.04. The zero-order valence-electron chi connectivity index (χ0n) is 7.54. The maximum absolute atomic E-state index is 5.88. The Morgan fingerprint density at radius 1 is 1.15 bits per heavy atom. The fraction of sp³-hybridized carbons (Fsp3) is 0.455. The summed E-state index contributed by atoms with van der Waals surface area (Å²) in [6, 6.07) is 9.05. The Labute approximate surface area is 87.5 Å². The van der Waals surface area contributed by atoms with Crippen LogP contribution >= 0.6 is 15.9 Å². The highest BCUT2D eigenvalue weighted by atomic mass is 79.9. The fourth-order valence-corrected chi connectivity index (χ4v) is 2.32. The summed E-state index contributed by atoms with van der Waals surface area (Å²) in [5.74, 6) is 0.697. The molecule has 13 heavy (non-hydrogen) atoms. The molecule has 0 unspecified atom stereocenters. The van der Waals surface area contributed by atoms with E-state index in [1.807, 2.05) is 0 Å². The molecule has 0 radical (unpaired) electrons. The summed E-state index contributed by atoms with van der Waals surface area (Å²) in [4.78, 5) is 0. The van der Waals surface area contributed by atoms with Gasteiger partial charge in [-0.05, 0) is 42.9 Å². The molecule has 0 saturated heterocycles. The fourth-order valence-electron chi connectivity index (χ4n) is 2.05. The molecular formula is C11H14BrN. The molecule has 1 nitrogen and oxygen atoms in total. The van der Waals surface area contributed by atoms with Crippen molar-refractivity contribution in [1.82, 2.24) is 0 Å². The maximum atomic E-state index is 5.88. The van der Waals surface area contributed by atoms with Crippen LogP contribution < -0.4 is 5.73 Å². The van der Waals surface area contributed by atoms with Crippen molar-refractivity contribution in [2.45, 2.75) is 31.2 Å². The molecule has 70 valence electrons. The van der Waals surface area contributed by atoms with E-state index in [2.05, 4.69) is 40.2 Å². The third-order valence-corrected chi connectivity index (χ3v) is 3.34. The molecule has 0 aromatic heterocycles. The second kappa shape index (κ2) is 3.81. The molecule has 2 atom stereocenters. The lowest BCUT2D eigenvalue weighted by Gasteiger charge is -2.09. The first-order valence-electron chi connectivity index (χ1n) is 4.77. The van der Waals surface area contributed by atoms with Crippen LogP contribution in [0.4, 0.5) is 0 Å². The minimum Gasteiger partial charge on any atom is -0.328 e. The van der Waals surface area contributed by atoms with Crippen molar-refractivity contribution in [1.29, 1.82) is 0 Å². The van der Waals surface area contributed by atoms with E-state index in [4.69, 9.17) is 5.73 Å². The molecular weight excluding hydrogens is 226 g/mol. The average Bonchev–Trinajstić information content (AvgIpc) is 2.53. The number of hydrogen-bond donors (Lipinski definition) is 1. The van der Waals surface area contributed by atoms with Gasteiger partial charge in [-0.1, -0.05) is 28.1 Å². The predicted molar refractivity (Wildman–Crippen MR) is 58.7 cm³/mol. The molecule has 2 rings (SSSR count). The Bertz CT molecular complexity index is 281. The minimum atomic E-state index is 0.425. The van der Waals surface area contributed by atoms with Gasteiger partial charge in [0.15, 0.2) is 0 Å². The Morgan fingerprint density at radius 3 is 2.38 bits per heavy atom. The quantitative estimate of drug-likeness (QED) is 0.802. The van der Waals surface area contributed by atoms with Gasteiger partial charge in [-0.15, -0.1) is 0 Å². The number of hydrogen-bond acceptors (Lipinski definition) is 1. The summed E-state index contributed by atoms with van der Waals surface area (Å²) < 4.78 is 1.15. The minimum absolute atomic E-state index is 0.425. The molecule has 2 N–H and O–H groups in total. The second-order valence-corrected chi connectivity index (χ2v) is 4.74. The standard InChI is InChI=1S/C11H14BrN/c12-10-4-1-8(2-5-10)9-3-6-11(13)7-9/h1-2,4-5,9,11H,3,6-7,13H2/t9-,11+/m0/s1. The van der Waals surface area contributed by atoms with Crippen LogP contribution in [0.3, 0.4) is 0 Å². The van der Waals surface area contributed by atoms with E-state index in [0.717, 1.165) is 10.9 Å². The van der Waals surface area contributed by atoms with Gasteiger partial charge in [0, 0.05) is 10.5 Å². The highest BCUT2D eigenvalue weighted by molar-refractivity contribution is 9.10. The van der Waals surface area contributed by atoms with Crippen LogP contribution in [0.25, 0.3) is 0 Å². The van der Waals surface area contributed by atoms with Crippen LogP contribution in [0.1, 0.15) is 30.7 Å². The van der Waals surface area contributed by atoms with E-state index in [1.165, 1.54) is 18.4 Å².